The topological polar surface area (TPSA) is 78.4 Å². The molecule has 0 fully saturated rings. The fraction of sp³-hybridized carbons (Fsp3) is 0.556. The van der Waals surface area contributed by atoms with Gasteiger partial charge in [0.05, 0.1) is 11.6 Å². The smallest absolute Gasteiger partial charge is 0.333 e. The standard InChI is InChI=1S/C9H16N2O3/c1-4-5-10-9(14)11-7(3)6(2)8(12)13/h7H,2,4-5H2,1,3H3,(H,12,13)(H2,10,11,14). The van der Waals surface area contributed by atoms with E-state index in [-0.39, 0.29) is 11.6 Å². The van der Waals surface area contributed by atoms with E-state index in [2.05, 4.69) is 17.2 Å². The predicted molar refractivity (Wildman–Crippen MR) is 53.1 cm³/mol. The SMILES string of the molecule is C=C(C(=O)O)C(C)NC(=O)NCCC. The largest absolute Gasteiger partial charge is 0.478 e. The lowest BCUT2D eigenvalue weighted by molar-refractivity contribution is -0.132. The number of carbonyl (C=O) groups excluding carboxylic acids is 1. The summed E-state index contributed by atoms with van der Waals surface area (Å²) in [5, 5.41) is 13.6. The molecule has 5 nitrogen and oxygen atoms in total. The Labute approximate surface area is 83.2 Å². The molecule has 80 valence electrons. The second-order valence-corrected chi connectivity index (χ2v) is 2.95. The summed E-state index contributed by atoms with van der Waals surface area (Å²) in [6.45, 7) is 7.41. The van der Waals surface area contributed by atoms with Gasteiger partial charge in [-0.1, -0.05) is 13.5 Å². The summed E-state index contributed by atoms with van der Waals surface area (Å²) < 4.78 is 0. The molecule has 0 rings (SSSR count). The van der Waals surface area contributed by atoms with E-state index in [1.807, 2.05) is 6.92 Å². The van der Waals surface area contributed by atoms with E-state index in [1.54, 1.807) is 6.92 Å². The molecular formula is C9H16N2O3. The number of hydrogen-bond donors (Lipinski definition) is 3. The van der Waals surface area contributed by atoms with Crippen LogP contribution in [0, 0.1) is 0 Å². The van der Waals surface area contributed by atoms with Gasteiger partial charge in [0.15, 0.2) is 0 Å². The maximum Gasteiger partial charge on any atom is 0.333 e. The first-order valence-corrected chi connectivity index (χ1v) is 4.45. The first kappa shape index (κ1) is 12.5. The zero-order valence-corrected chi connectivity index (χ0v) is 8.46. The second-order valence-electron chi connectivity index (χ2n) is 2.95. The molecule has 3 N–H and O–H groups in total. The number of hydrogen-bond acceptors (Lipinski definition) is 2. The van der Waals surface area contributed by atoms with Gasteiger partial charge in [0, 0.05) is 6.54 Å². The lowest BCUT2D eigenvalue weighted by Crippen LogP contribution is -2.42. The summed E-state index contributed by atoms with van der Waals surface area (Å²) in [6.07, 6.45) is 0.835. The van der Waals surface area contributed by atoms with Gasteiger partial charge in [-0.3, -0.25) is 0 Å². The molecule has 2 amide bonds. The van der Waals surface area contributed by atoms with Gasteiger partial charge in [0.25, 0.3) is 0 Å². The van der Waals surface area contributed by atoms with Crippen LogP contribution in [0.3, 0.4) is 0 Å². The van der Waals surface area contributed by atoms with Gasteiger partial charge < -0.3 is 15.7 Å². The van der Waals surface area contributed by atoms with Crippen LogP contribution in [0.5, 0.6) is 0 Å². The van der Waals surface area contributed by atoms with E-state index < -0.39 is 12.0 Å². The molecule has 5 heteroatoms. The zero-order valence-electron chi connectivity index (χ0n) is 8.46. The maximum absolute atomic E-state index is 11.1. The summed E-state index contributed by atoms with van der Waals surface area (Å²) in [4.78, 5) is 21.5. The highest BCUT2D eigenvalue weighted by Crippen LogP contribution is 1.97. The molecule has 0 aliphatic rings. The van der Waals surface area contributed by atoms with Crippen molar-refractivity contribution in [1.29, 1.82) is 0 Å². The Bertz CT molecular complexity index is 238. The summed E-state index contributed by atoms with van der Waals surface area (Å²) in [5.41, 5.74) is -0.0309. The molecule has 0 aromatic carbocycles. The lowest BCUT2D eigenvalue weighted by atomic mass is 10.1. The molecule has 0 radical (unpaired) electrons. The Morgan fingerprint density at radius 2 is 2.07 bits per heavy atom. The number of rotatable bonds is 5. The summed E-state index contributed by atoms with van der Waals surface area (Å²) in [7, 11) is 0. The van der Waals surface area contributed by atoms with Gasteiger partial charge in [-0.15, -0.1) is 0 Å². The Kier molecular flexibility index (Phi) is 5.36. The van der Waals surface area contributed by atoms with Crippen LogP contribution in [-0.2, 0) is 4.79 Å². The van der Waals surface area contributed by atoms with Crippen LogP contribution >= 0.6 is 0 Å². The first-order chi connectivity index (χ1) is 6.49. The van der Waals surface area contributed by atoms with E-state index >= 15 is 0 Å². The maximum atomic E-state index is 11.1. The summed E-state index contributed by atoms with van der Waals surface area (Å²) in [6, 6.07) is -0.939. The molecule has 0 bridgehead atoms. The number of urea groups is 1. The van der Waals surface area contributed by atoms with Crippen LogP contribution in [0.1, 0.15) is 20.3 Å². The molecule has 0 spiro atoms. The minimum Gasteiger partial charge on any atom is -0.478 e. The van der Waals surface area contributed by atoms with Crippen molar-refractivity contribution in [3.05, 3.63) is 12.2 Å². The van der Waals surface area contributed by atoms with Crippen molar-refractivity contribution in [2.24, 2.45) is 0 Å². The fourth-order valence-electron chi connectivity index (χ4n) is 0.759. The monoisotopic (exact) mass is 200 g/mol. The molecule has 1 atom stereocenters. The van der Waals surface area contributed by atoms with E-state index in [4.69, 9.17) is 5.11 Å². The van der Waals surface area contributed by atoms with E-state index in [1.165, 1.54) is 0 Å². The van der Waals surface area contributed by atoms with E-state index in [0.717, 1.165) is 6.42 Å². The molecule has 0 saturated heterocycles. The normalized spacial score (nSPS) is 11.6. The van der Waals surface area contributed by atoms with Crippen molar-refractivity contribution >= 4 is 12.0 Å². The number of carbonyl (C=O) groups is 2. The van der Waals surface area contributed by atoms with Crippen molar-refractivity contribution in [2.75, 3.05) is 6.54 Å². The van der Waals surface area contributed by atoms with E-state index in [0.29, 0.717) is 6.54 Å². The molecule has 14 heavy (non-hydrogen) atoms. The van der Waals surface area contributed by atoms with Gasteiger partial charge in [0.2, 0.25) is 0 Å². The van der Waals surface area contributed by atoms with Crippen LogP contribution in [0.4, 0.5) is 4.79 Å². The highest BCUT2D eigenvalue weighted by atomic mass is 16.4. The van der Waals surface area contributed by atoms with Gasteiger partial charge >= 0.3 is 12.0 Å². The van der Waals surface area contributed by atoms with Crippen molar-refractivity contribution in [3.8, 4) is 0 Å². The van der Waals surface area contributed by atoms with Crippen LogP contribution in [0.15, 0.2) is 12.2 Å². The average Bonchev–Trinajstić information content (AvgIpc) is 2.13. The minimum atomic E-state index is -1.10. The number of carboxylic acids is 1. The fourth-order valence-corrected chi connectivity index (χ4v) is 0.759. The Hall–Kier alpha value is -1.52. The Morgan fingerprint density at radius 1 is 1.50 bits per heavy atom. The lowest BCUT2D eigenvalue weighted by Gasteiger charge is -2.13. The number of nitrogens with one attached hydrogen (secondary N) is 2. The molecule has 0 aliphatic carbocycles. The van der Waals surface area contributed by atoms with Gasteiger partial charge in [-0.05, 0) is 13.3 Å². The van der Waals surface area contributed by atoms with Crippen molar-refractivity contribution in [2.45, 2.75) is 26.3 Å². The van der Waals surface area contributed by atoms with Crippen LogP contribution in [0.25, 0.3) is 0 Å². The van der Waals surface area contributed by atoms with Crippen LogP contribution < -0.4 is 10.6 Å². The predicted octanol–water partition coefficient (Wildman–Crippen LogP) is 0.725. The highest BCUT2D eigenvalue weighted by molar-refractivity contribution is 5.88. The van der Waals surface area contributed by atoms with Crippen molar-refractivity contribution in [1.82, 2.24) is 10.6 Å². The minimum absolute atomic E-state index is 0.0309. The Morgan fingerprint density at radius 3 is 2.50 bits per heavy atom. The van der Waals surface area contributed by atoms with Crippen molar-refractivity contribution in [3.63, 3.8) is 0 Å². The number of carboxylic acid groups (broad SMARTS) is 1. The third kappa shape index (κ3) is 4.49. The molecule has 1 unspecified atom stereocenters. The summed E-state index contributed by atoms with van der Waals surface area (Å²) in [5.74, 6) is -1.10. The quantitative estimate of drug-likeness (QED) is 0.572. The number of aliphatic carboxylic acids is 1. The molecule has 0 aromatic rings. The van der Waals surface area contributed by atoms with Crippen molar-refractivity contribution < 1.29 is 14.7 Å². The number of amides is 2. The highest BCUT2D eigenvalue weighted by Gasteiger charge is 2.14. The molecular weight excluding hydrogens is 184 g/mol. The first-order valence-electron chi connectivity index (χ1n) is 4.45. The average molecular weight is 200 g/mol. The van der Waals surface area contributed by atoms with Gasteiger partial charge in [-0.25, -0.2) is 9.59 Å². The molecule has 0 heterocycles. The van der Waals surface area contributed by atoms with Gasteiger partial charge in [-0.2, -0.15) is 0 Å². The molecule has 0 aliphatic heterocycles. The summed E-state index contributed by atoms with van der Waals surface area (Å²) >= 11 is 0. The third-order valence-corrected chi connectivity index (χ3v) is 1.68. The van der Waals surface area contributed by atoms with Crippen LogP contribution in [0.2, 0.25) is 0 Å². The van der Waals surface area contributed by atoms with Crippen LogP contribution in [-0.4, -0.2) is 29.7 Å². The molecule has 0 saturated carbocycles. The second kappa shape index (κ2) is 6.01. The van der Waals surface area contributed by atoms with Gasteiger partial charge in [0.1, 0.15) is 0 Å². The zero-order chi connectivity index (χ0) is 11.1. The Balaban J connectivity index is 3.93. The molecule has 0 aromatic heterocycles. The third-order valence-electron chi connectivity index (χ3n) is 1.68. The van der Waals surface area contributed by atoms with E-state index in [9.17, 15) is 9.59 Å².